The fraction of sp³-hybridized carbons (Fsp3) is 0.0952. The monoisotopic (exact) mass is 345 g/mol. The first kappa shape index (κ1) is 16.0. The highest BCUT2D eigenvalue weighted by atomic mass is 16.6. The predicted molar refractivity (Wildman–Crippen MR) is 97.0 cm³/mol. The molecule has 0 heterocycles. The topological polar surface area (TPSA) is 69.4 Å². The first-order valence-electron chi connectivity index (χ1n) is 8.21. The molecule has 0 saturated carbocycles. The lowest BCUT2D eigenvalue weighted by molar-refractivity contribution is -0.385. The number of nitrogens with zero attached hydrogens (tertiary/aromatic N) is 1. The number of carbonyl (C=O) groups excluding carboxylic acids is 1. The maximum absolute atomic E-state index is 12.8. The van der Waals surface area contributed by atoms with E-state index in [0.29, 0.717) is 5.56 Å². The Labute approximate surface area is 150 Å². The van der Waals surface area contributed by atoms with Gasteiger partial charge >= 0.3 is 5.97 Å². The fourth-order valence-electron chi connectivity index (χ4n) is 3.45. The van der Waals surface area contributed by atoms with Gasteiger partial charge in [-0.25, -0.2) is 4.79 Å². The Hall–Kier alpha value is -3.47. The van der Waals surface area contributed by atoms with Gasteiger partial charge in [0.15, 0.2) is 6.10 Å². The third-order valence-corrected chi connectivity index (χ3v) is 4.72. The van der Waals surface area contributed by atoms with Crippen molar-refractivity contribution in [3.63, 3.8) is 0 Å². The van der Waals surface area contributed by atoms with Gasteiger partial charge in [0, 0.05) is 22.8 Å². The zero-order valence-electron chi connectivity index (χ0n) is 14.0. The molecule has 0 saturated heterocycles. The zero-order valence-corrected chi connectivity index (χ0v) is 14.0. The minimum Gasteiger partial charge on any atom is -0.449 e. The molecule has 0 aromatic heterocycles. The van der Waals surface area contributed by atoms with E-state index in [-0.39, 0.29) is 11.3 Å². The molecule has 5 nitrogen and oxygen atoms in total. The standard InChI is InChI=1S/C21H15NO4/c1-13-14(11-6-12-19(13)22(24)25)21(23)26-20-17-9-4-2-7-15(17)16-8-3-5-10-18(16)20/h2-12,20H,1H3. The molecule has 26 heavy (non-hydrogen) atoms. The summed E-state index contributed by atoms with van der Waals surface area (Å²) in [5, 5.41) is 11.1. The highest BCUT2D eigenvalue weighted by molar-refractivity contribution is 5.93. The Morgan fingerprint density at radius 2 is 1.50 bits per heavy atom. The summed E-state index contributed by atoms with van der Waals surface area (Å²) in [7, 11) is 0. The summed E-state index contributed by atoms with van der Waals surface area (Å²) in [6, 6.07) is 20.0. The van der Waals surface area contributed by atoms with Crippen LogP contribution in [0.25, 0.3) is 11.1 Å². The van der Waals surface area contributed by atoms with Crippen molar-refractivity contribution in [1.82, 2.24) is 0 Å². The molecule has 0 atom stereocenters. The summed E-state index contributed by atoms with van der Waals surface area (Å²) in [4.78, 5) is 23.4. The Morgan fingerprint density at radius 1 is 0.923 bits per heavy atom. The first-order valence-corrected chi connectivity index (χ1v) is 8.21. The molecule has 5 heteroatoms. The Kier molecular flexibility index (Phi) is 3.77. The van der Waals surface area contributed by atoms with E-state index >= 15 is 0 Å². The number of nitro benzene ring substituents is 1. The van der Waals surface area contributed by atoms with Crippen molar-refractivity contribution < 1.29 is 14.5 Å². The van der Waals surface area contributed by atoms with Gasteiger partial charge in [-0.15, -0.1) is 0 Å². The Balaban J connectivity index is 1.73. The third kappa shape index (κ3) is 2.45. The molecule has 1 aliphatic carbocycles. The summed E-state index contributed by atoms with van der Waals surface area (Å²) < 4.78 is 5.80. The van der Waals surface area contributed by atoms with Crippen LogP contribution < -0.4 is 0 Å². The predicted octanol–water partition coefficient (Wildman–Crippen LogP) is 4.83. The average molecular weight is 345 g/mol. The van der Waals surface area contributed by atoms with Crippen LogP contribution in [0.1, 0.15) is 33.2 Å². The Morgan fingerprint density at radius 3 is 2.08 bits per heavy atom. The van der Waals surface area contributed by atoms with Crippen LogP contribution in [0.5, 0.6) is 0 Å². The molecule has 0 aliphatic heterocycles. The van der Waals surface area contributed by atoms with E-state index in [4.69, 9.17) is 4.74 Å². The summed E-state index contributed by atoms with van der Waals surface area (Å²) in [6.07, 6.45) is -0.520. The molecule has 0 N–H and O–H groups in total. The second kappa shape index (κ2) is 6.11. The van der Waals surface area contributed by atoms with Crippen LogP contribution in [-0.2, 0) is 4.74 Å². The van der Waals surface area contributed by atoms with Crippen molar-refractivity contribution in [1.29, 1.82) is 0 Å². The third-order valence-electron chi connectivity index (χ3n) is 4.72. The maximum atomic E-state index is 12.8. The van der Waals surface area contributed by atoms with E-state index in [1.54, 1.807) is 13.0 Å². The van der Waals surface area contributed by atoms with Crippen molar-refractivity contribution >= 4 is 11.7 Å². The number of benzene rings is 3. The lowest BCUT2D eigenvalue weighted by Gasteiger charge is -2.16. The number of fused-ring (bicyclic) bond motifs is 3. The first-order chi connectivity index (χ1) is 12.6. The molecule has 0 unspecified atom stereocenters. The summed E-state index contributed by atoms with van der Waals surface area (Å²) >= 11 is 0. The van der Waals surface area contributed by atoms with E-state index in [9.17, 15) is 14.9 Å². The highest BCUT2D eigenvalue weighted by Crippen LogP contribution is 2.45. The molecule has 0 radical (unpaired) electrons. The Bertz CT molecular complexity index is 996. The number of nitro groups is 1. The summed E-state index contributed by atoms with van der Waals surface area (Å²) in [6.45, 7) is 1.56. The molecule has 3 aromatic carbocycles. The van der Waals surface area contributed by atoms with Crippen molar-refractivity contribution in [2.75, 3.05) is 0 Å². The van der Waals surface area contributed by atoms with Crippen molar-refractivity contribution in [2.45, 2.75) is 13.0 Å². The van der Waals surface area contributed by atoms with Crippen LogP contribution in [0, 0.1) is 17.0 Å². The van der Waals surface area contributed by atoms with Crippen LogP contribution in [0.15, 0.2) is 66.7 Å². The smallest absolute Gasteiger partial charge is 0.339 e. The van der Waals surface area contributed by atoms with Gasteiger partial charge in [-0.1, -0.05) is 54.6 Å². The van der Waals surface area contributed by atoms with E-state index in [1.807, 2.05) is 48.5 Å². The molecule has 0 spiro atoms. The van der Waals surface area contributed by atoms with Gasteiger partial charge in [0.25, 0.3) is 5.69 Å². The van der Waals surface area contributed by atoms with Crippen molar-refractivity contribution in [3.8, 4) is 11.1 Å². The minimum atomic E-state index is -0.567. The molecule has 128 valence electrons. The van der Waals surface area contributed by atoms with Gasteiger partial charge in [0.1, 0.15) is 0 Å². The highest BCUT2D eigenvalue weighted by Gasteiger charge is 2.32. The fourth-order valence-corrected chi connectivity index (χ4v) is 3.45. The van der Waals surface area contributed by atoms with Crippen LogP contribution in [-0.4, -0.2) is 10.9 Å². The van der Waals surface area contributed by atoms with Gasteiger partial charge in [-0.3, -0.25) is 10.1 Å². The van der Waals surface area contributed by atoms with E-state index in [1.165, 1.54) is 12.1 Å². The normalized spacial score (nSPS) is 12.3. The van der Waals surface area contributed by atoms with E-state index in [2.05, 4.69) is 0 Å². The SMILES string of the molecule is Cc1c(C(=O)OC2c3ccccc3-c3ccccc32)cccc1[N+](=O)[O-]. The van der Waals surface area contributed by atoms with E-state index < -0.39 is 17.0 Å². The lowest BCUT2D eigenvalue weighted by Crippen LogP contribution is -2.13. The number of hydrogen-bond acceptors (Lipinski definition) is 4. The van der Waals surface area contributed by atoms with Crippen LogP contribution >= 0.6 is 0 Å². The van der Waals surface area contributed by atoms with Gasteiger partial charge in [0.05, 0.1) is 10.5 Å². The van der Waals surface area contributed by atoms with Crippen molar-refractivity contribution in [2.24, 2.45) is 0 Å². The number of esters is 1. The lowest BCUT2D eigenvalue weighted by atomic mass is 10.1. The van der Waals surface area contributed by atoms with Gasteiger partial charge in [-0.05, 0) is 24.1 Å². The summed E-state index contributed by atoms with van der Waals surface area (Å²) in [5.41, 5.74) is 4.35. The molecule has 0 amide bonds. The quantitative estimate of drug-likeness (QED) is 0.387. The number of rotatable bonds is 3. The molecule has 0 bridgehead atoms. The average Bonchev–Trinajstić information content (AvgIpc) is 2.96. The minimum absolute atomic E-state index is 0.0910. The molecule has 3 aromatic rings. The molecular formula is C21H15NO4. The number of carbonyl (C=O) groups is 1. The maximum Gasteiger partial charge on any atom is 0.339 e. The number of hydrogen-bond donors (Lipinski definition) is 0. The summed E-state index contributed by atoms with van der Waals surface area (Å²) in [5.74, 6) is -0.567. The van der Waals surface area contributed by atoms with Gasteiger partial charge in [0.2, 0.25) is 0 Å². The van der Waals surface area contributed by atoms with Gasteiger partial charge in [-0.2, -0.15) is 0 Å². The molecule has 1 aliphatic rings. The van der Waals surface area contributed by atoms with Crippen LogP contribution in [0.4, 0.5) is 5.69 Å². The van der Waals surface area contributed by atoms with Crippen LogP contribution in [0.3, 0.4) is 0 Å². The second-order valence-electron chi connectivity index (χ2n) is 6.17. The molecule has 4 rings (SSSR count). The molecular weight excluding hydrogens is 330 g/mol. The van der Waals surface area contributed by atoms with Gasteiger partial charge < -0.3 is 4.74 Å². The molecule has 0 fully saturated rings. The van der Waals surface area contributed by atoms with Crippen molar-refractivity contribution in [3.05, 3.63) is 99.1 Å². The zero-order chi connectivity index (χ0) is 18.3. The van der Waals surface area contributed by atoms with E-state index in [0.717, 1.165) is 22.3 Å². The van der Waals surface area contributed by atoms with Crippen LogP contribution in [0.2, 0.25) is 0 Å². The largest absolute Gasteiger partial charge is 0.449 e. The number of ether oxygens (including phenoxy) is 1. The second-order valence-corrected chi connectivity index (χ2v) is 6.17.